The average Bonchev–Trinajstić information content (AvgIpc) is 3.09. The zero-order valence-corrected chi connectivity index (χ0v) is 46.4. The van der Waals surface area contributed by atoms with Crippen LogP contribution in [-0.4, -0.2) is 121 Å². The van der Waals surface area contributed by atoms with Crippen LogP contribution in [-0.2, 0) is 38.0 Å². The summed E-state index contributed by atoms with van der Waals surface area (Å²) in [7, 11) is 3.47. The highest BCUT2D eigenvalue weighted by Gasteiger charge is 2.42. The van der Waals surface area contributed by atoms with Gasteiger partial charge in [0, 0.05) is 39.4 Å². The van der Waals surface area contributed by atoms with Gasteiger partial charge in [-0.2, -0.15) is 0 Å². The monoisotopic (exact) mass is 921 g/mol. The largest absolute Gasteiger partial charge is 0.481 e. The number of unbranched alkanes of at least 4 members (excludes halogenated alkanes) is 1. The van der Waals surface area contributed by atoms with E-state index < -0.39 is 11.9 Å². The van der Waals surface area contributed by atoms with E-state index in [4.69, 9.17) is 38.6 Å². The molecule has 0 amide bonds. The topological polar surface area (TPSA) is 154 Å². The molecule has 0 radical (unpaired) electrons. The number of methoxy groups -OCH3 is 2. The zero-order valence-electron chi connectivity index (χ0n) is 46.4. The standard InChI is InChI=1S/2C24H49NO5.C4H10/c2*1-18(25-14-12-20(26)27)16-23(7,8)30-19(2)17-21(3,4)24(9,10)29-15-13-22(5,6)28-11;1-3-4-2/h2*18-19,25H,12-17H2,1-11H3,(H,26,27);3-4H2,1-2H3. The Hall–Kier alpha value is -1.38. The summed E-state index contributed by atoms with van der Waals surface area (Å²) in [5.41, 5.74) is -1.74. The first kappa shape index (κ1) is 66.9. The molecule has 0 aromatic heterocycles. The number of carboxylic acids is 2. The fraction of sp³-hybridized carbons (Fsp3) is 0.962. The van der Waals surface area contributed by atoms with Crippen molar-refractivity contribution in [2.75, 3.05) is 40.5 Å². The molecule has 0 fully saturated rings. The van der Waals surface area contributed by atoms with E-state index in [1.54, 1.807) is 14.2 Å². The minimum atomic E-state index is -0.781. The third-order valence-electron chi connectivity index (χ3n) is 13.1. The fourth-order valence-electron chi connectivity index (χ4n) is 7.37. The van der Waals surface area contributed by atoms with Gasteiger partial charge in [0.05, 0.1) is 71.9 Å². The summed E-state index contributed by atoms with van der Waals surface area (Å²) in [6.45, 7) is 49.2. The van der Waals surface area contributed by atoms with Crippen molar-refractivity contribution in [3.05, 3.63) is 0 Å². The van der Waals surface area contributed by atoms with Crippen molar-refractivity contribution in [1.82, 2.24) is 10.6 Å². The number of carboxylic acid groups (broad SMARTS) is 2. The molecular formula is C52H108N2O10. The second-order valence-electron chi connectivity index (χ2n) is 23.1. The van der Waals surface area contributed by atoms with E-state index in [9.17, 15) is 9.59 Å². The first-order valence-electron chi connectivity index (χ1n) is 24.4. The molecule has 0 spiro atoms. The molecule has 12 heteroatoms. The number of nitrogens with one attached hydrogen (secondary N) is 2. The van der Waals surface area contributed by atoms with Crippen molar-refractivity contribution in [3.63, 3.8) is 0 Å². The first-order valence-corrected chi connectivity index (χ1v) is 24.4. The Morgan fingerprint density at radius 2 is 0.766 bits per heavy atom. The van der Waals surface area contributed by atoms with Crippen molar-refractivity contribution >= 4 is 11.9 Å². The van der Waals surface area contributed by atoms with E-state index in [2.05, 4.69) is 163 Å². The summed E-state index contributed by atoms with van der Waals surface area (Å²) in [6.07, 6.45) is 8.09. The molecule has 0 rings (SSSR count). The lowest BCUT2D eigenvalue weighted by atomic mass is 9.73. The summed E-state index contributed by atoms with van der Waals surface area (Å²) >= 11 is 0. The molecule has 0 aliphatic carbocycles. The average molecular weight is 921 g/mol. The molecule has 386 valence electrons. The predicted molar refractivity (Wildman–Crippen MR) is 267 cm³/mol. The number of hydrogen-bond donors (Lipinski definition) is 4. The Kier molecular flexibility index (Phi) is 31.5. The van der Waals surface area contributed by atoms with Crippen LogP contribution in [0.25, 0.3) is 0 Å². The van der Waals surface area contributed by atoms with Crippen molar-refractivity contribution in [1.29, 1.82) is 0 Å². The van der Waals surface area contributed by atoms with Crippen LogP contribution in [0.4, 0.5) is 0 Å². The van der Waals surface area contributed by atoms with Gasteiger partial charge in [-0.05, 0) is 160 Å². The normalized spacial score (nSPS) is 15.3. The number of hydrogen-bond acceptors (Lipinski definition) is 10. The maximum Gasteiger partial charge on any atom is 0.304 e. The molecule has 0 aromatic carbocycles. The van der Waals surface area contributed by atoms with Crippen LogP contribution >= 0.6 is 0 Å². The molecule has 4 unspecified atom stereocenters. The van der Waals surface area contributed by atoms with Crippen LogP contribution in [0.3, 0.4) is 0 Å². The van der Waals surface area contributed by atoms with E-state index in [1.165, 1.54) is 12.8 Å². The lowest BCUT2D eigenvalue weighted by molar-refractivity contribution is -0.143. The Bertz CT molecular complexity index is 1150. The first-order chi connectivity index (χ1) is 28.8. The van der Waals surface area contributed by atoms with Gasteiger partial charge in [0.1, 0.15) is 0 Å². The Morgan fingerprint density at radius 1 is 0.484 bits per heavy atom. The van der Waals surface area contributed by atoms with Crippen LogP contribution in [0.1, 0.15) is 217 Å². The zero-order chi connectivity index (χ0) is 51.0. The van der Waals surface area contributed by atoms with Gasteiger partial charge in [0.25, 0.3) is 0 Å². The molecule has 12 nitrogen and oxygen atoms in total. The van der Waals surface area contributed by atoms with Gasteiger partial charge in [-0.1, -0.05) is 54.4 Å². The maximum absolute atomic E-state index is 10.7. The Morgan fingerprint density at radius 3 is 1.00 bits per heavy atom. The minimum absolute atomic E-state index is 0.0690. The second-order valence-corrected chi connectivity index (χ2v) is 23.1. The second kappa shape index (κ2) is 30.2. The SMILES string of the molecule is CCCC.COC(C)(C)CCOC(C)(C)C(C)(C)CC(C)OC(C)(C)CC(C)NCCC(=O)O.COC(C)(C)CCOC(C)(C)C(C)(C)CC(C)OC(C)(C)CC(C)NCCC(=O)O. The summed E-state index contributed by atoms with van der Waals surface area (Å²) < 4.78 is 36.4. The van der Waals surface area contributed by atoms with Crippen molar-refractivity contribution in [2.45, 2.75) is 274 Å². The lowest BCUT2D eigenvalue weighted by Gasteiger charge is -2.44. The molecule has 0 aliphatic rings. The van der Waals surface area contributed by atoms with Crippen LogP contribution in [0.5, 0.6) is 0 Å². The molecule has 4 atom stereocenters. The third-order valence-corrected chi connectivity index (χ3v) is 13.1. The molecule has 0 bridgehead atoms. The number of aliphatic carboxylic acids is 2. The lowest BCUT2D eigenvalue weighted by Crippen LogP contribution is -2.46. The van der Waals surface area contributed by atoms with Gasteiger partial charge in [-0.3, -0.25) is 9.59 Å². The van der Waals surface area contributed by atoms with E-state index in [0.717, 1.165) is 38.5 Å². The highest BCUT2D eigenvalue weighted by molar-refractivity contribution is 5.67. The van der Waals surface area contributed by atoms with Crippen LogP contribution in [0.2, 0.25) is 0 Å². The summed E-state index contributed by atoms with van der Waals surface area (Å²) in [5, 5.41) is 24.1. The van der Waals surface area contributed by atoms with E-state index in [-0.39, 0.29) is 81.6 Å². The van der Waals surface area contributed by atoms with E-state index in [0.29, 0.717) is 26.3 Å². The van der Waals surface area contributed by atoms with Crippen LogP contribution in [0, 0.1) is 10.8 Å². The number of carbonyl (C=O) groups is 2. The number of ether oxygens (including phenoxy) is 6. The molecule has 4 N–H and O–H groups in total. The summed E-state index contributed by atoms with van der Waals surface area (Å²) in [4.78, 5) is 21.3. The van der Waals surface area contributed by atoms with Gasteiger partial charge < -0.3 is 49.3 Å². The van der Waals surface area contributed by atoms with Crippen LogP contribution in [0.15, 0.2) is 0 Å². The maximum atomic E-state index is 10.7. The molecule has 0 aromatic rings. The van der Waals surface area contributed by atoms with Gasteiger partial charge in [0.15, 0.2) is 0 Å². The molecule has 0 saturated heterocycles. The van der Waals surface area contributed by atoms with Gasteiger partial charge in [-0.15, -0.1) is 0 Å². The van der Waals surface area contributed by atoms with Crippen molar-refractivity contribution < 1.29 is 48.2 Å². The highest BCUT2D eigenvalue weighted by atomic mass is 16.5. The van der Waals surface area contributed by atoms with Crippen LogP contribution < -0.4 is 10.6 Å². The molecule has 64 heavy (non-hydrogen) atoms. The van der Waals surface area contributed by atoms with Gasteiger partial charge >= 0.3 is 11.9 Å². The minimum Gasteiger partial charge on any atom is -0.481 e. The Labute approximate surface area is 395 Å². The number of rotatable bonds is 33. The quantitative estimate of drug-likeness (QED) is 0.0495. The van der Waals surface area contributed by atoms with E-state index in [1.807, 2.05) is 0 Å². The highest BCUT2D eigenvalue weighted by Crippen LogP contribution is 2.41. The van der Waals surface area contributed by atoms with Crippen molar-refractivity contribution in [3.8, 4) is 0 Å². The summed E-state index contributed by atoms with van der Waals surface area (Å²) in [6, 6.07) is 0.368. The third kappa shape index (κ3) is 32.3. The molecule has 0 saturated carbocycles. The molecule has 0 aliphatic heterocycles. The van der Waals surface area contributed by atoms with Gasteiger partial charge in [-0.25, -0.2) is 0 Å². The Balaban J connectivity index is -0.00000107. The smallest absolute Gasteiger partial charge is 0.304 e. The van der Waals surface area contributed by atoms with Crippen molar-refractivity contribution in [2.24, 2.45) is 10.8 Å². The molecular weight excluding hydrogens is 813 g/mol. The molecule has 0 heterocycles. The predicted octanol–water partition coefficient (Wildman–Crippen LogP) is 11.9. The van der Waals surface area contributed by atoms with E-state index >= 15 is 0 Å². The summed E-state index contributed by atoms with van der Waals surface area (Å²) in [5.74, 6) is -1.56. The van der Waals surface area contributed by atoms with Gasteiger partial charge in [0.2, 0.25) is 0 Å². The fourth-order valence-corrected chi connectivity index (χ4v) is 7.37.